The number of methoxy groups -OCH3 is 1. The molecule has 7 nitrogen and oxygen atoms in total. The number of carbonyl (C=O) groups excluding carboxylic acids is 1. The highest BCUT2D eigenvalue weighted by Crippen LogP contribution is 2.43. The molecule has 0 amide bonds. The molecular weight excluding hydrogens is 380 g/mol. The molecule has 0 radical (unpaired) electrons. The quantitative estimate of drug-likeness (QED) is 0.570. The normalized spacial score (nSPS) is 20.5. The predicted molar refractivity (Wildman–Crippen MR) is 104 cm³/mol. The molecule has 1 aliphatic carbocycles. The van der Waals surface area contributed by atoms with Gasteiger partial charge in [0.05, 0.1) is 18.2 Å². The first-order valence-electron chi connectivity index (χ1n) is 9.09. The standard InChI is InChI=1S/C20H22N2O5S/c1-25-13-7-5-6-12(10-13)15(14(11-21)17(22)28)16-18(23)26-20(27-19(16)24)8-3-2-4-9-20/h5-7,10,14-15,23H,2-4,8-9H2,1H3,(H2,22,28). The van der Waals surface area contributed by atoms with Crippen LogP contribution in [-0.2, 0) is 14.3 Å². The van der Waals surface area contributed by atoms with Crippen molar-refractivity contribution >= 4 is 23.2 Å². The summed E-state index contributed by atoms with van der Waals surface area (Å²) in [5.74, 6) is -3.89. The van der Waals surface area contributed by atoms with Gasteiger partial charge < -0.3 is 25.1 Å². The first-order valence-corrected chi connectivity index (χ1v) is 9.50. The summed E-state index contributed by atoms with van der Waals surface area (Å²) in [5, 5.41) is 20.3. The first-order chi connectivity index (χ1) is 13.4. The van der Waals surface area contributed by atoms with E-state index in [4.69, 9.17) is 32.2 Å². The number of nitriles is 1. The molecule has 2 aliphatic rings. The Morgan fingerprint density at radius 2 is 2.07 bits per heavy atom. The van der Waals surface area contributed by atoms with E-state index < -0.39 is 29.5 Å². The van der Waals surface area contributed by atoms with E-state index in [1.165, 1.54) is 7.11 Å². The van der Waals surface area contributed by atoms with Crippen LogP contribution in [0.1, 0.15) is 43.6 Å². The van der Waals surface area contributed by atoms with Gasteiger partial charge in [0.1, 0.15) is 17.2 Å². The van der Waals surface area contributed by atoms with Gasteiger partial charge in [0, 0.05) is 18.8 Å². The van der Waals surface area contributed by atoms with Gasteiger partial charge in [0.15, 0.2) is 0 Å². The van der Waals surface area contributed by atoms with Crippen LogP contribution in [-0.4, -0.2) is 29.0 Å². The Bertz CT molecular complexity index is 854. The number of ether oxygens (including phenoxy) is 3. The van der Waals surface area contributed by atoms with E-state index in [0.717, 1.165) is 19.3 Å². The zero-order valence-electron chi connectivity index (χ0n) is 15.5. The van der Waals surface area contributed by atoms with E-state index in [2.05, 4.69) is 0 Å². The van der Waals surface area contributed by atoms with E-state index in [1.807, 2.05) is 6.07 Å². The molecule has 3 rings (SSSR count). The molecule has 2 unspecified atom stereocenters. The number of rotatable bonds is 5. The van der Waals surface area contributed by atoms with E-state index in [0.29, 0.717) is 24.2 Å². The highest BCUT2D eigenvalue weighted by atomic mass is 32.1. The average molecular weight is 402 g/mol. The number of nitrogens with zero attached hydrogens (tertiary/aromatic N) is 1. The van der Waals surface area contributed by atoms with Crippen molar-refractivity contribution in [2.45, 2.75) is 43.8 Å². The number of thiocarbonyl (C=S) groups is 1. The van der Waals surface area contributed by atoms with Crippen molar-refractivity contribution in [1.29, 1.82) is 5.26 Å². The third kappa shape index (κ3) is 3.76. The highest BCUT2D eigenvalue weighted by molar-refractivity contribution is 7.80. The highest BCUT2D eigenvalue weighted by Gasteiger charge is 2.48. The second-order valence-electron chi connectivity index (χ2n) is 6.95. The minimum absolute atomic E-state index is 0.0960. The lowest BCUT2D eigenvalue weighted by molar-refractivity contribution is -0.250. The maximum atomic E-state index is 12.9. The predicted octanol–water partition coefficient (Wildman–Crippen LogP) is 3.21. The Balaban J connectivity index is 2.09. The first kappa shape index (κ1) is 20.0. The van der Waals surface area contributed by atoms with Crippen molar-refractivity contribution in [1.82, 2.24) is 0 Å². The number of carbonyl (C=O) groups is 1. The molecule has 8 heteroatoms. The molecule has 0 saturated heterocycles. The molecular formula is C20H22N2O5S. The summed E-state index contributed by atoms with van der Waals surface area (Å²) < 4.78 is 16.6. The Labute approximate surface area is 168 Å². The van der Waals surface area contributed by atoms with Crippen LogP contribution in [0.3, 0.4) is 0 Å². The van der Waals surface area contributed by atoms with Gasteiger partial charge in [-0.25, -0.2) is 4.79 Å². The zero-order valence-corrected chi connectivity index (χ0v) is 16.3. The smallest absolute Gasteiger partial charge is 0.345 e. The van der Waals surface area contributed by atoms with Crippen molar-refractivity contribution in [3.05, 3.63) is 41.3 Å². The Kier molecular flexibility index (Phi) is 5.75. The monoisotopic (exact) mass is 402 g/mol. The van der Waals surface area contributed by atoms with Crippen LogP contribution in [0, 0.1) is 17.2 Å². The lowest BCUT2D eigenvalue weighted by atomic mass is 9.80. The zero-order chi connectivity index (χ0) is 20.3. The van der Waals surface area contributed by atoms with Crippen LogP contribution >= 0.6 is 12.2 Å². The van der Waals surface area contributed by atoms with E-state index in [-0.39, 0.29) is 10.6 Å². The van der Waals surface area contributed by atoms with E-state index >= 15 is 0 Å². The topological polar surface area (TPSA) is 115 Å². The van der Waals surface area contributed by atoms with Crippen LogP contribution in [0.25, 0.3) is 0 Å². The summed E-state index contributed by atoms with van der Waals surface area (Å²) in [6.45, 7) is 0. The largest absolute Gasteiger partial charge is 0.497 e. The maximum absolute atomic E-state index is 12.9. The molecule has 3 N–H and O–H groups in total. The molecule has 1 saturated carbocycles. The van der Waals surface area contributed by atoms with E-state index in [9.17, 15) is 15.2 Å². The fraction of sp³-hybridized carbons (Fsp3) is 0.450. The summed E-state index contributed by atoms with van der Waals surface area (Å²) in [6.07, 6.45) is 3.71. The molecule has 1 spiro atoms. The minimum atomic E-state index is -1.15. The van der Waals surface area contributed by atoms with Gasteiger partial charge in [0.25, 0.3) is 11.7 Å². The molecule has 0 aromatic heterocycles. The molecule has 28 heavy (non-hydrogen) atoms. The number of aliphatic hydroxyl groups excluding tert-OH is 1. The lowest BCUT2D eigenvalue weighted by Gasteiger charge is -2.40. The Hall–Kier alpha value is -2.79. The summed E-state index contributed by atoms with van der Waals surface area (Å²) >= 11 is 5.05. The summed E-state index contributed by atoms with van der Waals surface area (Å²) in [6, 6.07) is 8.83. The lowest BCUT2D eigenvalue weighted by Crippen LogP contribution is -2.45. The number of hydrogen-bond donors (Lipinski definition) is 2. The van der Waals surface area contributed by atoms with Gasteiger partial charge in [0.2, 0.25) is 0 Å². The summed E-state index contributed by atoms with van der Waals surface area (Å²) in [7, 11) is 1.50. The Morgan fingerprint density at radius 1 is 1.36 bits per heavy atom. The van der Waals surface area contributed by atoms with Gasteiger partial charge in [-0.05, 0) is 30.5 Å². The van der Waals surface area contributed by atoms with Crippen molar-refractivity contribution in [3.63, 3.8) is 0 Å². The molecule has 2 atom stereocenters. The van der Waals surface area contributed by atoms with Gasteiger partial charge in [-0.1, -0.05) is 30.8 Å². The number of aliphatic hydroxyl groups is 1. The van der Waals surface area contributed by atoms with Gasteiger partial charge in [-0.2, -0.15) is 5.26 Å². The number of hydrogen-bond acceptors (Lipinski definition) is 7. The molecule has 148 valence electrons. The minimum Gasteiger partial charge on any atom is -0.497 e. The van der Waals surface area contributed by atoms with Crippen LogP contribution in [0.4, 0.5) is 0 Å². The number of nitrogens with two attached hydrogens (primary N) is 1. The fourth-order valence-corrected chi connectivity index (χ4v) is 3.97. The molecule has 1 fully saturated rings. The van der Waals surface area contributed by atoms with Crippen molar-refractivity contribution in [2.75, 3.05) is 7.11 Å². The van der Waals surface area contributed by atoms with Crippen molar-refractivity contribution in [2.24, 2.45) is 11.7 Å². The second kappa shape index (κ2) is 8.07. The summed E-state index contributed by atoms with van der Waals surface area (Å²) in [4.78, 5) is 12.8. The summed E-state index contributed by atoms with van der Waals surface area (Å²) in [5.41, 5.74) is 6.14. The van der Waals surface area contributed by atoms with E-state index in [1.54, 1.807) is 24.3 Å². The SMILES string of the molecule is COc1cccc(C(C2=C(O)OC3(CCCCC3)OC2=O)C(C#N)C(N)=S)c1. The van der Waals surface area contributed by atoms with Crippen molar-refractivity contribution < 1.29 is 24.1 Å². The van der Waals surface area contributed by atoms with Gasteiger partial charge >= 0.3 is 5.97 Å². The van der Waals surface area contributed by atoms with Crippen LogP contribution < -0.4 is 10.5 Å². The van der Waals surface area contributed by atoms with Crippen molar-refractivity contribution in [3.8, 4) is 11.8 Å². The fourth-order valence-electron chi connectivity index (χ4n) is 3.78. The molecule has 1 aliphatic heterocycles. The van der Waals surface area contributed by atoms with Crippen LogP contribution in [0.5, 0.6) is 5.75 Å². The number of esters is 1. The molecule has 1 aromatic carbocycles. The second-order valence-corrected chi connectivity index (χ2v) is 7.42. The number of benzene rings is 1. The Morgan fingerprint density at radius 3 is 2.64 bits per heavy atom. The van der Waals surface area contributed by atoms with Crippen LogP contribution in [0.2, 0.25) is 0 Å². The van der Waals surface area contributed by atoms with Gasteiger partial charge in [-0.3, -0.25) is 0 Å². The third-order valence-corrected chi connectivity index (χ3v) is 5.42. The average Bonchev–Trinajstić information content (AvgIpc) is 2.67. The van der Waals surface area contributed by atoms with Crippen LogP contribution in [0.15, 0.2) is 35.8 Å². The molecule has 1 heterocycles. The third-order valence-electron chi connectivity index (χ3n) is 5.17. The van der Waals surface area contributed by atoms with Gasteiger partial charge in [-0.15, -0.1) is 0 Å². The maximum Gasteiger partial charge on any atom is 0.345 e. The molecule has 1 aromatic rings. The molecule has 0 bridgehead atoms.